The predicted molar refractivity (Wildman–Crippen MR) is 85.5 cm³/mol. The molecule has 0 bridgehead atoms. The Bertz CT molecular complexity index is 666. The van der Waals surface area contributed by atoms with Crippen molar-refractivity contribution in [2.75, 3.05) is 7.11 Å². The number of ether oxygens (including phenoxy) is 1. The number of aliphatic imine (C=N–C) groups is 1. The molecule has 0 spiro atoms. The largest absolute Gasteiger partial charge is 0.497 e. The molecule has 6 nitrogen and oxygen atoms in total. The van der Waals surface area contributed by atoms with Crippen LogP contribution in [0, 0.1) is 0 Å². The molecule has 3 N–H and O–H groups in total. The summed E-state index contributed by atoms with van der Waals surface area (Å²) in [5, 5.41) is 3.13. The highest BCUT2D eigenvalue weighted by molar-refractivity contribution is 5.79. The number of hydrogen-bond acceptors (Lipinski definition) is 3. The minimum absolute atomic E-state index is 0.104. The zero-order valence-corrected chi connectivity index (χ0v) is 13.3. The fourth-order valence-corrected chi connectivity index (χ4v) is 2.08. The first-order valence-corrected chi connectivity index (χ1v) is 6.87. The fourth-order valence-electron chi connectivity index (χ4n) is 2.08. The van der Waals surface area contributed by atoms with Gasteiger partial charge in [-0.15, -0.1) is 0 Å². The second-order valence-corrected chi connectivity index (χ2v) is 6.02. The van der Waals surface area contributed by atoms with Crippen LogP contribution in [0.1, 0.15) is 26.6 Å². The molecule has 0 amide bonds. The number of rotatable bonds is 3. The molecule has 0 saturated carbocycles. The van der Waals surface area contributed by atoms with Crippen molar-refractivity contribution >= 4 is 17.0 Å². The van der Waals surface area contributed by atoms with E-state index in [4.69, 9.17) is 10.5 Å². The molecule has 0 fully saturated rings. The molecule has 1 heterocycles. The van der Waals surface area contributed by atoms with Crippen LogP contribution in [-0.2, 0) is 13.6 Å². The van der Waals surface area contributed by atoms with Crippen LogP contribution in [-0.4, -0.2) is 28.2 Å². The van der Waals surface area contributed by atoms with Gasteiger partial charge in [-0.25, -0.2) is 9.98 Å². The number of aryl methyl sites for hydroxylation is 1. The second kappa shape index (κ2) is 5.63. The summed E-state index contributed by atoms with van der Waals surface area (Å²) in [6.45, 7) is 6.55. The summed E-state index contributed by atoms with van der Waals surface area (Å²) in [6.07, 6.45) is 0. The van der Waals surface area contributed by atoms with E-state index in [2.05, 4.69) is 15.3 Å². The molecule has 0 radical (unpaired) electrons. The number of nitrogens with zero attached hydrogens (tertiary/aromatic N) is 3. The lowest BCUT2D eigenvalue weighted by atomic mass is 10.1. The number of aromatic nitrogens is 2. The first-order chi connectivity index (χ1) is 9.80. The predicted octanol–water partition coefficient (Wildman–Crippen LogP) is 1.78. The van der Waals surface area contributed by atoms with Gasteiger partial charge in [0.2, 0.25) is 0 Å². The van der Waals surface area contributed by atoms with Crippen molar-refractivity contribution in [2.45, 2.75) is 32.9 Å². The molecule has 0 aliphatic carbocycles. The molecule has 21 heavy (non-hydrogen) atoms. The molecule has 0 aliphatic rings. The van der Waals surface area contributed by atoms with Crippen LogP contribution in [0.3, 0.4) is 0 Å². The summed E-state index contributed by atoms with van der Waals surface area (Å²) in [5.41, 5.74) is 7.71. The van der Waals surface area contributed by atoms with E-state index in [-0.39, 0.29) is 5.54 Å². The third-order valence-electron chi connectivity index (χ3n) is 3.07. The zero-order valence-electron chi connectivity index (χ0n) is 13.3. The van der Waals surface area contributed by atoms with Crippen LogP contribution in [0.2, 0.25) is 0 Å². The van der Waals surface area contributed by atoms with E-state index >= 15 is 0 Å². The second-order valence-electron chi connectivity index (χ2n) is 6.02. The van der Waals surface area contributed by atoms with Gasteiger partial charge in [-0.2, -0.15) is 0 Å². The molecule has 0 aliphatic heterocycles. The van der Waals surface area contributed by atoms with Crippen LogP contribution < -0.4 is 15.8 Å². The van der Waals surface area contributed by atoms with E-state index in [1.807, 2.05) is 50.6 Å². The number of imidazole rings is 1. The number of fused-ring (bicyclic) bond motifs is 1. The number of hydrogen-bond donors (Lipinski definition) is 2. The summed E-state index contributed by atoms with van der Waals surface area (Å²) in [5.74, 6) is 2.08. The van der Waals surface area contributed by atoms with E-state index in [0.29, 0.717) is 12.5 Å². The SMILES string of the molecule is COc1ccc2c(c1)nc(CN=C(N)NC(C)(C)C)n2C. The highest BCUT2D eigenvalue weighted by Gasteiger charge is 2.11. The van der Waals surface area contributed by atoms with Gasteiger partial charge in [0.05, 0.1) is 18.1 Å². The van der Waals surface area contributed by atoms with Crippen molar-refractivity contribution in [1.82, 2.24) is 14.9 Å². The molecule has 1 aromatic carbocycles. The van der Waals surface area contributed by atoms with E-state index in [1.165, 1.54) is 0 Å². The number of benzene rings is 1. The quantitative estimate of drug-likeness (QED) is 0.667. The Hall–Kier alpha value is -2.24. The standard InChI is InChI=1S/C15H23N5O/c1-15(2,3)19-14(16)17-9-13-18-11-8-10(21-5)6-7-12(11)20(13)4/h6-8H,9H2,1-5H3,(H3,16,17,19). The molecular formula is C15H23N5O. The van der Waals surface area contributed by atoms with Gasteiger partial charge in [0.15, 0.2) is 5.96 Å². The molecule has 2 rings (SSSR count). The van der Waals surface area contributed by atoms with Gasteiger partial charge < -0.3 is 20.4 Å². The Labute approximate surface area is 125 Å². The van der Waals surface area contributed by atoms with E-state index < -0.39 is 0 Å². The van der Waals surface area contributed by atoms with E-state index in [9.17, 15) is 0 Å². The van der Waals surface area contributed by atoms with Gasteiger partial charge in [0, 0.05) is 18.7 Å². The first kappa shape index (κ1) is 15.2. The molecule has 6 heteroatoms. The summed E-state index contributed by atoms with van der Waals surface area (Å²) < 4.78 is 7.23. The number of guanidine groups is 1. The Morgan fingerprint density at radius 2 is 2.14 bits per heavy atom. The van der Waals surface area contributed by atoms with Crippen molar-refractivity contribution in [3.8, 4) is 5.75 Å². The summed E-state index contributed by atoms with van der Waals surface area (Å²) >= 11 is 0. The molecule has 2 aromatic rings. The number of nitrogens with one attached hydrogen (secondary N) is 1. The first-order valence-electron chi connectivity index (χ1n) is 6.87. The van der Waals surface area contributed by atoms with Crippen molar-refractivity contribution in [2.24, 2.45) is 17.8 Å². The van der Waals surface area contributed by atoms with Crippen molar-refractivity contribution < 1.29 is 4.74 Å². The van der Waals surface area contributed by atoms with Crippen LogP contribution in [0.4, 0.5) is 0 Å². The normalized spacial score (nSPS) is 12.7. The average Bonchev–Trinajstić information content (AvgIpc) is 2.70. The van der Waals surface area contributed by atoms with Gasteiger partial charge >= 0.3 is 0 Å². The maximum atomic E-state index is 5.88. The lowest BCUT2D eigenvalue weighted by molar-refractivity contribution is 0.415. The van der Waals surface area contributed by atoms with Crippen molar-refractivity contribution in [1.29, 1.82) is 0 Å². The van der Waals surface area contributed by atoms with Gasteiger partial charge in [-0.3, -0.25) is 0 Å². The average molecular weight is 289 g/mol. The van der Waals surface area contributed by atoms with Crippen LogP contribution >= 0.6 is 0 Å². The number of methoxy groups -OCH3 is 1. The summed E-state index contributed by atoms with van der Waals surface area (Å²) in [4.78, 5) is 8.93. The van der Waals surface area contributed by atoms with Gasteiger partial charge in [-0.1, -0.05) is 0 Å². The van der Waals surface area contributed by atoms with Crippen LogP contribution in [0.25, 0.3) is 11.0 Å². The molecule has 114 valence electrons. The van der Waals surface area contributed by atoms with Gasteiger partial charge in [0.1, 0.15) is 18.1 Å². The maximum absolute atomic E-state index is 5.88. The molecular weight excluding hydrogens is 266 g/mol. The zero-order chi connectivity index (χ0) is 15.6. The summed E-state index contributed by atoms with van der Waals surface area (Å²) in [6, 6.07) is 5.83. The number of nitrogens with two attached hydrogens (primary N) is 1. The Balaban J connectivity index is 2.23. The third kappa shape index (κ3) is 3.65. The topological polar surface area (TPSA) is 77.5 Å². The van der Waals surface area contributed by atoms with Gasteiger partial charge in [-0.05, 0) is 32.9 Å². The minimum atomic E-state index is -0.104. The maximum Gasteiger partial charge on any atom is 0.189 e. The fraction of sp³-hybridized carbons (Fsp3) is 0.467. The highest BCUT2D eigenvalue weighted by atomic mass is 16.5. The summed E-state index contributed by atoms with van der Waals surface area (Å²) in [7, 11) is 3.62. The molecule has 0 atom stereocenters. The molecule has 0 unspecified atom stereocenters. The molecule has 0 saturated heterocycles. The Morgan fingerprint density at radius 3 is 2.76 bits per heavy atom. The lowest BCUT2D eigenvalue weighted by Crippen LogP contribution is -2.45. The Kier molecular flexibility index (Phi) is 4.06. The monoisotopic (exact) mass is 289 g/mol. The third-order valence-corrected chi connectivity index (χ3v) is 3.07. The lowest BCUT2D eigenvalue weighted by Gasteiger charge is -2.20. The van der Waals surface area contributed by atoms with Crippen molar-refractivity contribution in [3.63, 3.8) is 0 Å². The Morgan fingerprint density at radius 1 is 1.43 bits per heavy atom. The van der Waals surface area contributed by atoms with Crippen molar-refractivity contribution in [3.05, 3.63) is 24.0 Å². The van der Waals surface area contributed by atoms with E-state index in [0.717, 1.165) is 22.6 Å². The van der Waals surface area contributed by atoms with Gasteiger partial charge in [0.25, 0.3) is 0 Å². The van der Waals surface area contributed by atoms with E-state index in [1.54, 1.807) is 7.11 Å². The van der Waals surface area contributed by atoms with Crippen LogP contribution in [0.5, 0.6) is 5.75 Å². The molecule has 1 aromatic heterocycles. The smallest absolute Gasteiger partial charge is 0.189 e. The minimum Gasteiger partial charge on any atom is -0.497 e. The van der Waals surface area contributed by atoms with Crippen LogP contribution in [0.15, 0.2) is 23.2 Å². The highest BCUT2D eigenvalue weighted by Crippen LogP contribution is 2.21.